The van der Waals surface area contributed by atoms with Gasteiger partial charge in [0.15, 0.2) is 0 Å². The molecule has 0 aromatic heterocycles. The number of anilines is 2. The summed E-state index contributed by atoms with van der Waals surface area (Å²) in [7, 11) is 0. The molecule has 8 N–H and O–H groups in total. The van der Waals surface area contributed by atoms with Crippen LogP contribution in [0.2, 0.25) is 0 Å². The number of carbonyl (C=O) groups is 1. The van der Waals surface area contributed by atoms with Crippen molar-refractivity contribution in [3.05, 3.63) is 95.1 Å². The third kappa shape index (κ3) is 4.78. The van der Waals surface area contributed by atoms with Crippen molar-refractivity contribution in [1.82, 2.24) is 21.7 Å². The average molecular weight is 531 g/mol. The molecule has 0 spiro atoms. The van der Waals surface area contributed by atoms with Gasteiger partial charge in [-0.05, 0) is 30.2 Å². The van der Waals surface area contributed by atoms with Crippen LogP contribution in [0.4, 0.5) is 11.4 Å². The number of rotatable bonds is 7. The first-order valence-corrected chi connectivity index (χ1v) is 12.8. The first-order valence-electron chi connectivity index (χ1n) is 12.8. The van der Waals surface area contributed by atoms with Crippen molar-refractivity contribution in [2.75, 3.05) is 16.8 Å². The van der Waals surface area contributed by atoms with E-state index in [1.54, 1.807) is 17.3 Å². The van der Waals surface area contributed by atoms with Crippen molar-refractivity contribution in [3.8, 4) is 11.5 Å². The number of benzene rings is 2. The van der Waals surface area contributed by atoms with Crippen LogP contribution in [0, 0.1) is 0 Å². The molecule has 202 valence electrons. The number of hydrogen-bond donors (Lipinski definition) is 8. The fraction of sp³-hybridized carbons (Fsp3) is 0.250. The summed E-state index contributed by atoms with van der Waals surface area (Å²) in [6, 6.07) is 6.28. The van der Waals surface area contributed by atoms with Gasteiger partial charge in [-0.1, -0.05) is 54.7 Å². The molecule has 0 saturated carbocycles. The van der Waals surface area contributed by atoms with Gasteiger partial charge < -0.3 is 20.4 Å². The van der Waals surface area contributed by atoms with Gasteiger partial charge in [0, 0.05) is 24.2 Å². The fourth-order valence-electron chi connectivity index (χ4n) is 5.29. The number of carboxylic acids is 1. The Bertz CT molecular complexity index is 1380. The molecule has 2 heterocycles. The summed E-state index contributed by atoms with van der Waals surface area (Å²) in [6.07, 6.45) is 16.2. The quantitative estimate of drug-likeness (QED) is 0.262. The topological polar surface area (TPSA) is 153 Å². The summed E-state index contributed by atoms with van der Waals surface area (Å²) >= 11 is 0. The van der Waals surface area contributed by atoms with Crippen molar-refractivity contribution < 1.29 is 25.2 Å². The third-order valence-electron chi connectivity index (χ3n) is 7.29. The highest BCUT2D eigenvalue weighted by Crippen LogP contribution is 2.39. The van der Waals surface area contributed by atoms with Crippen molar-refractivity contribution >= 4 is 17.3 Å². The van der Waals surface area contributed by atoms with E-state index in [0.29, 0.717) is 23.2 Å². The lowest BCUT2D eigenvalue weighted by atomic mass is 9.97. The van der Waals surface area contributed by atoms with E-state index in [2.05, 4.69) is 21.7 Å². The van der Waals surface area contributed by atoms with Gasteiger partial charge in [-0.15, -0.1) is 0 Å². The van der Waals surface area contributed by atoms with Gasteiger partial charge in [-0.25, -0.2) is 36.7 Å². The van der Waals surface area contributed by atoms with Crippen molar-refractivity contribution in [3.63, 3.8) is 0 Å². The highest BCUT2D eigenvalue weighted by molar-refractivity contribution is 5.90. The number of hydrogen-bond acceptors (Lipinski definition) is 10. The van der Waals surface area contributed by atoms with Crippen LogP contribution in [0.25, 0.3) is 0 Å². The predicted octanol–water partition coefficient (Wildman–Crippen LogP) is 1.31. The number of nitrogens with one attached hydrogen (secondary N) is 4. The van der Waals surface area contributed by atoms with E-state index in [9.17, 15) is 25.2 Å². The largest absolute Gasteiger partial charge is 0.505 e. The number of aliphatic hydroxyl groups excluding tert-OH is 1. The molecule has 4 aliphatic rings. The molecule has 2 aliphatic carbocycles. The van der Waals surface area contributed by atoms with Crippen LogP contribution in [-0.4, -0.2) is 57.2 Å². The van der Waals surface area contributed by atoms with Crippen LogP contribution in [-0.2, 0) is 12.8 Å². The van der Waals surface area contributed by atoms with Crippen LogP contribution in [0.3, 0.4) is 0 Å². The second kappa shape index (κ2) is 10.2. The minimum absolute atomic E-state index is 0.000826. The molecule has 6 rings (SSSR count). The summed E-state index contributed by atoms with van der Waals surface area (Å²) in [4.78, 5) is 12.0. The molecule has 2 saturated heterocycles. The number of phenols is 2. The van der Waals surface area contributed by atoms with Crippen molar-refractivity contribution in [1.29, 1.82) is 0 Å². The zero-order chi connectivity index (χ0) is 27.1. The number of carboxylic acid groups (broad SMARTS) is 1. The van der Waals surface area contributed by atoms with Gasteiger partial charge in [-0.2, -0.15) is 0 Å². The minimum atomic E-state index is -1.14. The van der Waals surface area contributed by atoms with Gasteiger partial charge in [-0.3, -0.25) is 0 Å². The first kappa shape index (κ1) is 25.2. The molecule has 11 heteroatoms. The summed E-state index contributed by atoms with van der Waals surface area (Å²) in [5, 5.41) is 45.3. The Morgan fingerprint density at radius 3 is 1.64 bits per heavy atom. The van der Waals surface area contributed by atoms with Crippen LogP contribution in [0.5, 0.6) is 11.5 Å². The first-order chi connectivity index (χ1) is 18.9. The molecule has 2 fully saturated rings. The van der Waals surface area contributed by atoms with E-state index in [-0.39, 0.29) is 59.9 Å². The average Bonchev–Trinajstić information content (AvgIpc) is 3.56. The molecule has 0 bridgehead atoms. The van der Waals surface area contributed by atoms with E-state index in [1.807, 2.05) is 48.6 Å². The van der Waals surface area contributed by atoms with E-state index in [1.165, 1.54) is 17.3 Å². The molecule has 0 amide bonds. The van der Waals surface area contributed by atoms with Crippen LogP contribution in [0.1, 0.15) is 27.0 Å². The number of allylic oxidation sites excluding steroid dienone is 4. The summed E-state index contributed by atoms with van der Waals surface area (Å²) < 4.78 is 0. The molecule has 39 heavy (non-hydrogen) atoms. The van der Waals surface area contributed by atoms with E-state index < -0.39 is 5.97 Å². The Morgan fingerprint density at radius 1 is 0.718 bits per heavy atom. The Hall–Kier alpha value is -4.13. The number of fused-ring (bicyclic) bond motifs is 2. The minimum Gasteiger partial charge on any atom is -0.505 e. The number of phenolic OH excluding ortho intramolecular Hbond substituents is 2. The van der Waals surface area contributed by atoms with E-state index >= 15 is 0 Å². The third-order valence-corrected chi connectivity index (χ3v) is 7.29. The maximum absolute atomic E-state index is 12.0. The predicted molar refractivity (Wildman–Crippen MR) is 146 cm³/mol. The number of aromatic carboxylic acids is 1. The number of aliphatic hydroxyl groups is 1. The maximum atomic E-state index is 12.0. The zero-order valence-electron chi connectivity index (χ0n) is 21.0. The molecular weight excluding hydrogens is 500 g/mol. The maximum Gasteiger partial charge on any atom is 0.335 e. The smallest absolute Gasteiger partial charge is 0.335 e. The Morgan fingerprint density at radius 2 is 1.18 bits per heavy atom. The molecule has 2 aromatic carbocycles. The molecule has 0 radical (unpaired) electrons. The van der Waals surface area contributed by atoms with Gasteiger partial charge in [0.25, 0.3) is 0 Å². The Kier molecular flexibility index (Phi) is 6.59. The van der Waals surface area contributed by atoms with Gasteiger partial charge >= 0.3 is 5.97 Å². The van der Waals surface area contributed by atoms with Crippen LogP contribution < -0.4 is 31.9 Å². The molecule has 2 unspecified atom stereocenters. The summed E-state index contributed by atoms with van der Waals surface area (Å²) in [6.45, 7) is -0.0807. The number of nitrogens with zero attached hydrogens (tertiary/aromatic N) is 2. The van der Waals surface area contributed by atoms with Gasteiger partial charge in [0.2, 0.25) is 0 Å². The SMILES string of the molecule is O=C(O)c1cc(Cc2cc(CCO)cc(N3NC4C=CC=C[C@@H]4N3)c2O)c(O)c(N2NC3C=CC=C[C@@H]3N2)c1. The number of aromatic hydroxyl groups is 2. The summed E-state index contributed by atoms with van der Waals surface area (Å²) in [5.74, 6) is -1.27. The van der Waals surface area contributed by atoms with Crippen LogP contribution in [0.15, 0.2) is 72.9 Å². The highest BCUT2D eigenvalue weighted by Gasteiger charge is 2.33. The normalized spacial score (nSPS) is 24.8. The van der Waals surface area contributed by atoms with Gasteiger partial charge in [0.1, 0.15) is 22.9 Å². The molecular formula is C28H30N6O5. The van der Waals surface area contributed by atoms with Crippen molar-refractivity contribution in [2.24, 2.45) is 0 Å². The van der Waals surface area contributed by atoms with E-state index in [0.717, 1.165) is 5.56 Å². The molecule has 2 aliphatic heterocycles. The second-order valence-electron chi connectivity index (χ2n) is 9.91. The summed E-state index contributed by atoms with van der Waals surface area (Å²) in [5.41, 5.74) is 15.4. The second-order valence-corrected chi connectivity index (χ2v) is 9.91. The Balaban J connectivity index is 1.36. The standard InChI is InChI=1S/C28H30N6O5/c35-10-9-16-11-17(26(36)24(12-16)33-29-20-5-1-2-6-21(20)30-33)13-18-14-19(28(38)39)15-25(27(18)37)34-31-22-7-3-4-8-23(22)32-34/h1-8,11-12,14-15,20-23,29-32,35-37H,9-10,13H2,(H,38,39)/t20-,21?,22-,23?/m0/s1. The highest BCUT2D eigenvalue weighted by atomic mass is 16.4. The lowest BCUT2D eigenvalue weighted by Gasteiger charge is -2.24. The lowest BCUT2D eigenvalue weighted by Crippen LogP contribution is -2.40. The molecule has 4 atom stereocenters. The lowest BCUT2D eigenvalue weighted by molar-refractivity contribution is 0.0696. The van der Waals surface area contributed by atoms with Crippen LogP contribution >= 0.6 is 0 Å². The number of hydrazine groups is 4. The fourth-order valence-corrected chi connectivity index (χ4v) is 5.29. The Labute approximate surface area is 224 Å². The van der Waals surface area contributed by atoms with E-state index in [4.69, 9.17) is 0 Å². The van der Waals surface area contributed by atoms with Gasteiger partial charge in [0.05, 0.1) is 29.7 Å². The monoisotopic (exact) mass is 530 g/mol. The molecule has 11 nitrogen and oxygen atoms in total. The molecule has 2 aromatic rings. The zero-order valence-corrected chi connectivity index (χ0v) is 21.0. The van der Waals surface area contributed by atoms with Crippen molar-refractivity contribution in [2.45, 2.75) is 37.0 Å².